The summed E-state index contributed by atoms with van der Waals surface area (Å²) in [6.45, 7) is 9.42. The van der Waals surface area contributed by atoms with Crippen LogP contribution in [0.5, 0.6) is 5.75 Å². The van der Waals surface area contributed by atoms with E-state index >= 15 is 0 Å². The molecule has 0 amide bonds. The number of aryl methyl sites for hydroxylation is 2. The third-order valence-corrected chi connectivity index (χ3v) is 5.34. The SMILES string of the molecule is COc1cc(-c2cnn(C)c2)ccc1Cc1ncc2c(C)cnc(NCC(C)(C)C)c2n1. The van der Waals surface area contributed by atoms with Gasteiger partial charge >= 0.3 is 0 Å². The van der Waals surface area contributed by atoms with Crippen LogP contribution in [-0.2, 0) is 13.5 Å². The number of nitrogens with zero attached hydrogens (tertiary/aromatic N) is 5. The van der Waals surface area contributed by atoms with Gasteiger partial charge in [0.25, 0.3) is 0 Å². The molecule has 0 bridgehead atoms. The Hall–Kier alpha value is -3.48. The molecule has 7 nitrogen and oxygen atoms in total. The summed E-state index contributed by atoms with van der Waals surface area (Å²) in [5.41, 5.74) is 5.20. The van der Waals surface area contributed by atoms with Gasteiger partial charge in [-0.1, -0.05) is 32.9 Å². The zero-order valence-corrected chi connectivity index (χ0v) is 19.6. The maximum Gasteiger partial charge on any atom is 0.152 e. The summed E-state index contributed by atoms with van der Waals surface area (Å²) in [5.74, 6) is 2.34. The van der Waals surface area contributed by atoms with Crippen LogP contribution in [0.3, 0.4) is 0 Å². The number of pyridine rings is 1. The van der Waals surface area contributed by atoms with E-state index in [-0.39, 0.29) is 5.41 Å². The maximum atomic E-state index is 5.69. The van der Waals surface area contributed by atoms with Crippen LogP contribution >= 0.6 is 0 Å². The molecule has 0 radical (unpaired) electrons. The van der Waals surface area contributed by atoms with E-state index in [4.69, 9.17) is 9.72 Å². The summed E-state index contributed by atoms with van der Waals surface area (Å²) in [7, 11) is 3.60. The summed E-state index contributed by atoms with van der Waals surface area (Å²) in [4.78, 5) is 14.1. The summed E-state index contributed by atoms with van der Waals surface area (Å²) < 4.78 is 7.48. The van der Waals surface area contributed by atoms with Gasteiger partial charge in [-0.2, -0.15) is 5.10 Å². The highest BCUT2D eigenvalue weighted by Crippen LogP contribution is 2.29. The van der Waals surface area contributed by atoms with Gasteiger partial charge in [0.15, 0.2) is 5.82 Å². The van der Waals surface area contributed by atoms with E-state index in [0.717, 1.165) is 57.1 Å². The number of methoxy groups -OCH3 is 1. The molecule has 0 unspecified atom stereocenters. The van der Waals surface area contributed by atoms with Gasteiger partial charge in [0.05, 0.1) is 13.3 Å². The second-order valence-corrected chi connectivity index (χ2v) is 9.36. The second-order valence-electron chi connectivity index (χ2n) is 9.36. The molecule has 4 rings (SSSR count). The van der Waals surface area contributed by atoms with Crippen molar-refractivity contribution in [1.29, 1.82) is 0 Å². The first-order valence-electron chi connectivity index (χ1n) is 10.7. The lowest BCUT2D eigenvalue weighted by atomic mass is 9.97. The highest BCUT2D eigenvalue weighted by molar-refractivity contribution is 5.89. The molecule has 0 aliphatic heterocycles. The van der Waals surface area contributed by atoms with Crippen molar-refractivity contribution in [3.8, 4) is 16.9 Å². The summed E-state index contributed by atoms with van der Waals surface area (Å²) >= 11 is 0. The molecular weight excluding hydrogens is 400 g/mol. The number of hydrogen-bond acceptors (Lipinski definition) is 6. The second kappa shape index (κ2) is 8.57. The third-order valence-electron chi connectivity index (χ3n) is 5.34. The van der Waals surface area contributed by atoms with E-state index < -0.39 is 0 Å². The summed E-state index contributed by atoms with van der Waals surface area (Å²) in [6.07, 6.45) is 8.17. The fourth-order valence-electron chi connectivity index (χ4n) is 3.55. The Balaban J connectivity index is 1.66. The topological polar surface area (TPSA) is 77.8 Å². The molecule has 0 saturated carbocycles. The molecular formula is C25H30N6O. The Labute approximate surface area is 188 Å². The monoisotopic (exact) mass is 430 g/mol. The molecule has 32 heavy (non-hydrogen) atoms. The van der Waals surface area contributed by atoms with Gasteiger partial charge in [-0.05, 0) is 29.5 Å². The lowest BCUT2D eigenvalue weighted by Gasteiger charge is -2.20. The van der Waals surface area contributed by atoms with E-state index in [1.807, 2.05) is 44.8 Å². The van der Waals surface area contributed by atoms with E-state index in [9.17, 15) is 0 Å². The summed E-state index contributed by atoms with van der Waals surface area (Å²) in [5, 5.41) is 8.73. The van der Waals surface area contributed by atoms with Crippen molar-refractivity contribution >= 4 is 16.7 Å². The van der Waals surface area contributed by atoms with E-state index in [2.05, 4.69) is 53.3 Å². The van der Waals surface area contributed by atoms with Gasteiger partial charge in [0, 0.05) is 55.1 Å². The predicted molar refractivity (Wildman–Crippen MR) is 128 cm³/mol. The molecule has 0 saturated heterocycles. The first-order valence-corrected chi connectivity index (χ1v) is 10.7. The van der Waals surface area contributed by atoms with Crippen LogP contribution in [0.4, 0.5) is 5.82 Å². The van der Waals surface area contributed by atoms with Crippen LogP contribution in [0.25, 0.3) is 22.0 Å². The number of fused-ring (bicyclic) bond motifs is 1. The van der Waals surface area contributed by atoms with Crippen molar-refractivity contribution in [1.82, 2.24) is 24.7 Å². The van der Waals surface area contributed by atoms with Crippen molar-refractivity contribution in [3.63, 3.8) is 0 Å². The zero-order chi connectivity index (χ0) is 22.9. The Morgan fingerprint density at radius 3 is 2.56 bits per heavy atom. The van der Waals surface area contributed by atoms with E-state index in [0.29, 0.717) is 6.42 Å². The normalized spacial score (nSPS) is 11.7. The number of rotatable bonds is 6. The molecule has 1 N–H and O–H groups in total. The van der Waals surface area contributed by atoms with Crippen LogP contribution in [0.2, 0.25) is 0 Å². The third kappa shape index (κ3) is 4.72. The number of benzene rings is 1. The van der Waals surface area contributed by atoms with Gasteiger partial charge < -0.3 is 10.1 Å². The Bertz CT molecular complexity index is 1260. The van der Waals surface area contributed by atoms with Crippen molar-refractivity contribution in [2.24, 2.45) is 12.5 Å². The Kier molecular flexibility index (Phi) is 5.82. The van der Waals surface area contributed by atoms with Gasteiger partial charge in [0.2, 0.25) is 0 Å². The van der Waals surface area contributed by atoms with Gasteiger partial charge in [-0.25, -0.2) is 15.0 Å². The van der Waals surface area contributed by atoms with E-state index in [1.54, 1.807) is 11.8 Å². The zero-order valence-electron chi connectivity index (χ0n) is 19.6. The van der Waals surface area contributed by atoms with E-state index in [1.165, 1.54) is 0 Å². The number of nitrogens with one attached hydrogen (secondary N) is 1. The average molecular weight is 431 g/mol. The number of ether oxygens (including phenoxy) is 1. The first-order chi connectivity index (χ1) is 15.2. The molecule has 7 heteroatoms. The summed E-state index contributed by atoms with van der Waals surface area (Å²) in [6, 6.07) is 6.19. The van der Waals surface area contributed by atoms with Gasteiger partial charge in [0.1, 0.15) is 17.1 Å². The van der Waals surface area contributed by atoms with Crippen molar-refractivity contribution in [2.45, 2.75) is 34.1 Å². The largest absolute Gasteiger partial charge is 0.496 e. The van der Waals surface area contributed by atoms with Crippen molar-refractivity contribution in [3.05, 3.63) is 59.9 Å². The standard InChI is InChI=1S/C25H30N6O/c1-16-11-27-24(28-15-25(2,3)4)23-20(16)13-26-22(30-23)10-18-8-7-17(9-21(18)32-6)19-12-29-31(5)14-19/h7-9,11-14H,10,15H2,1-6H3,(H,27,28). The van der Waals surface area contributed by atoms with Crippen LogP contribution < -0.4 is 10.1 Å². The van der Waals surface area contributed by atoms with Crippen LogP contribution in [0, 0.1) is 12.3 Å². The Morgan fingerprint density at radius 2 is 1.88 bits per heavy atom. The highest BCUT2D eigenvalue weighted by Gasteiger charge is 2.15. The number of hydrogen-bond donors (Lipinski definition) is 1. The smallest absolute Gasteiger partial charge is 0.152 e. The van der Waals surface area contributed by atoms with Crippen molar-refractivity contribution < 1.29 is 4.74 Å². The maximum absolute atomic E-state index is 5.69. The lowest BCUT2D eigenvalue weighted by Crippen LogP contribution is -2.20. The van der Waals surface area contributed by atoms with Gasteiger partial charge in [-0.3, -0.25) is 4.68 Å². The highest BCUT2D eigenvalue weighted by atomic mass is 16.5. The Morgan fingerprint density at radius 1 is 1.06 bits per heavy atom. The fourth-order valence-corrected chi connectivity index (χ4v) is 3.55. The first kappa shape index (κ1) is 21.7. The minimum Gasteiger partial charge on any atom is -0.496 e. The lowest BCUT2D eigenvalue weighted by molar-refractivity contribution is 0.410. The molecule has 1 aromatic carbocycles. The van der Waals surface area contributed by atoms with Crippen LogP contribution in [-0.4, -0.2) is 38.4 Å². The molecule has 0 aliphatic rings. The molecule has 0 fully saturated rings. The molecule has 0 atom stereocenters. The molecule has 0 spiro atoms. The molecule has 4 aromatic rings. The predicted octanol–water partition coefficient (Wildman–Crippen LogP) is 4.79. The van der Waals surface area contributed by atoms with Gasteiger partial charge in [-0.15, -0.1) is 0 Å². The van der Waals surface area contributed by atoms with Crippen LogP contribution in [0.15, 0.2) is 43.0 Å². The number of anilines is 1. The minimum absolute atomic E-state index is 0.137. The molecule has 0 aliphatic carbocycles. The average Bonchev–Trinajstić information content (AvgIpc) is 3.19. The molecule has 3 aromatic heterocycles. The molecule has 3 heterocycles. The van der Waals surface area contributed by atoms with Crippen molar-refractivity contribution in [2.75, 3.05) is 19.0 Å². The quantitative estimate of drug-likeness (QED) is 0.474. The molecule has 166 valence electrons. The minimum atomic E-state index is 0.137. The number of aromatic nitrogens is 5. The fraction of sp³-hybridized carbons (Fsp3) is 0.360. The van der Waals surface area contributed by atoms with Crippen LogP contribution in [0.1, 0.15) is 37.7 Å².